The summed E-state index contributed by atoms with van der Waals surface area (Å²) in [6, 6.07) is 6.91. The summed E-state index contributed by atoms with van der Waals surface area (Å²) >= 11 is 0. The molecule has 4 nitrogen and oxygen atoms in total. The van der Waals surface area contributed by atoms with Gasteiger partial charge in [-0.05, 0) is 24.1 Å². The monoisotopic (exact) mass is 234 g/mol. The smallest absolute Gasteiger partial charge is 0.311 e. The van der Waals surface area contributed by atoms with Crippen molar-refractivity contribution >= 4 is 18.0 Å². The molecule has 1 aromatic rings. The summed E-state index contributed by atoms with van der Waals surface area (Å²) in [6.07, 6.45) is 2.07. The Morgan fingerprint density at radius 3 is 2.41 bits per heavy atom. The van der Waals surface area contributed by atoms with E-state index >= 15 is 0 Å². The molecule has 0 unspecified atom stereocenters. The number of hydrogen-bond acceptors (Lipinski definition) is 3. The largest absolute Gasteiger partial charge is 0.481 e. The molecule has 17 heavy (non-hydrogen) atoms. The van der Waals surface area contributed by atoms with Crippen molar-refractivity contribution in [3.8, 4) is 5.75 Å². The third-order valence-electron chi connectivity index (χ3n) is 2.12. The van der Waals surface area contributed by atoms with Crippen molar-refractivity contribution in [3.05, 3.63) is 36.4 Å². The molecule has 4 heteroatoms. The van der Waals surface area contributed by atoms with Crippen LogP contribution in [0.1, 0.15) is 24.8 Å². The van der Waals surface area contributed by atoms with E-state index in [0.29, 0.717) is 12.2 Å². The lowest BCUT2D eigenvalue weighted by Gasteiger charge is -2.03. The SMILES string of the molecule is C=Cc1ccc(OC(=O)CCCC(=O)O)cc1. The number of ether oxygens (including phenoxy) is 1. The van der Waals surface area contributed by atoms with Gasteiger partial charge in [0, 0.05) is 12.8 Å². The molecule has 1 N–H and O–H groups in total. The first-order valence-corrected chi connectivity index (χ1v) is 5.27. The zero-order valence-electron chi connectivity index (χ0n) is 9.39. The van der Waals surface area contributed by atoms with Gasteiger partial charge in [-0.3, -0.25) is 9.59 Å². The number of benzene rings is 1. The van der Waals surface area contributed by atoms with Gasteiger partial charge >= 0.3 is 11.9 Å². The van der Waals surface area contributed by atoms with Gasteiger partial charge in [-0.25, -0.2) is 0 Å². The van der Waals surface area contributed by atoms with Crippen LogP contribution in [0.4, 0.5) is 0 Å². The highest BCUT2D eigenvalue weighted by molar-refractivity contribution is 5.73. The minimum atomic E-state index is -0.909. The highest BCUT2D eigenvalue weighted by atomic mass is 16.5. The van der Waals surface area contributed by atoms with Crippen LogP contribution in [0.25, 0.3) is 6.08 Å². The minimum Gasteiger partial charge on any atom is -0.481 e. The van der Waals surface area contributed by atoms with Crippen molar-refractivity contribution in [2.24, 2.45) is 0 Å². The van der Waals surface area contributed by atoms with Crippen molar-refractivity contribution in [1.82, 2.24) is 0 Å². The first kappa shape index (κ1) is 13.0. The summed E-state index contributed by atoms with van der Waals surface area (Å²) in [6.45, 7) is 3.62. The molecule has 90 valence electrons. The number of rotatable bonds is 6. The topological polar surface area (TPSA) is 63.6 Å². The van der Waals surface area contributed by atoms with Gasteiger partial charge in [0.2, 0.25) is 0 Å². The van der Waals surface area contributed by atoms with Crippen LogP contribution in [0, 0.1) is 0 Å². The molecule has 0 aliphatic rings. The molecule has 1 aromatic carbocycles. The van der Waals surface area contributed by atoms with E-state index in [4.69, 9.17) is 9.84 Å². The van der Waals surface area contributed by atoms with Crippen LogP contribution < -0.4 is 4.74 Å². The van der Waals surface area contributed by atoms with Crippen molar-refractivity contribution in [2.75, 3.05) is 0 Å². The Kier molecular flexibility index (Phi) is 4.94. The maximum atomic E-state index is 11.3. The molecule has 0 bridgehead atoms. The van der Waals surface area contributed by atoms with Crippen LogP contribution in [0.15, 0.2) is 30.8 Å². The maximum absolute atomic E-state index is 11.3. The van der Waals surface area contributed by atoms with Crippen LogP contribution in [-0.4, -0.2) is 17.0 Å². The lowest BCUT2D eigenvalue weighted by molar-refractivity contribution is -0.137. The zero-order valence-corrected chi connectivity index (χ0v) is 9.39. The average molecular weight is 234 g/mol. The predicted octanol–water partition coefficient (Wildman–Crippen LogP) is 2.49. The van der Waals surface area contributed by atoms with Crippen LogP contribution >= 0.6 is 0 Å². The molecule has 0 fully saturated rings. The summed E-state index contributed by atoms with van der Waals surface area (Å²) in [7, 11) is 0. The standard InChI is InChI=1S/C13H14O4/c1-2-10-6-8-11(9-7-10)17-13(16)5-3-4-12(14)15/h2,6-9H,1,3-5H2,(H,14,15). The van der Waals surface area contributed by atoms with E-state index in [1.807, 2.05) is 0 Å². The summed E-state index contributed by atoms with van der Waals surface area (Å²) in [5.74, 6) is -0.873. The molecule has 0 aromatic heterocycles. The molecular formula is C13H14O4. The molecular weight excluding hydrogens is 220 g/mol. The normalized spacial score (nSPS) is 9.65. The van der Waals surface area contributed by atoms with E-state index in [1.54, 1.807) is 30.3 Å². The fourth-order valence-electron chi connectivity index (χ4n) is 1.24. The number of esters is 1. The highest BCUT2D eigenvalue weighted by Gasteiger charge is 2.06. The van der Waals surface area contributed by atoms with Gasteiger partial charge in [-0.1, -0.05) is 24.8 Å². The molecule has 0 saturated heterocycles. The Balaban J connectivity index is 2.39. The third-order valence-corrected chi connectivity index (χ3v) is 2.12. The highest BCUT2D eigenvalue weighted by Crippen LogP contribution is 2.13. The Hall–Kier alpha value is -2.10. The Morgan fingerprint density at radius 1 is 1.24 bits per heavy atom. The summed E-state index contributed by atoms with van der Waals surface area (Å²) in [4.78, 5) is 21.6. The van der Waals surface area contributed by atoms with Gasteiger partial charge in [0.05, 0.1) is 0 Å². The number of carboxylic acids is 1. The van der Waals surface area contributed by atoms with Gasteiger partial charge < -0.3 is 9.84 Å². The molecule has 1 rings (SSSR count). The van der Waals surface area contributed by atoms with E-state index in [9.17, 15) is 9.59 Å². The molecule has 0 aliphatic heterocycles. The van der Waals surface area contributed by atoms with Gasteiger partial charge in [-0.2, -0.15) is 0 Å². The van der Waals surface area contributed by atoms with Crippen LogP contribution in [0.3, 0.4) is 0 Å². The molecule has 0 spiro atoms. The quantitative estimate of drug-likeness (QED) is 0.606. The Morgan fingerprint density at radius 2 is 1.88 bits per heavy atom. The van der Waals surface area contributed by atoms with Crippen molar-refractivity contribution < 1.29 is 19.4 Å². The van der Waals surface area contributed by atoms with E-state index in [-0.39, 0.29) is 12.8 Å². The summed E-state index contributed by atoms with van der Waals surface area (Å²) in [5.41, 5.74) is 0.940. The second-order valence-corrected chi connectivity index (χ2v) is 3.49. The van der Waals surface area contributed by atoms with Crippen LogP contribution in [0.5, 0.6) is 5.75 Å². The van der Waals surface area contributed by atoms with Gasteiger partial charge in [0.15, 0.2) is 0 Å². The first-order chi connectivity index (χ1) is 8.11. The molecule has 0 saturated carbocycles. The minimum absolute atomic E-state index is 0.0233. The number of aliphatic carboxylic acids is 1. The van der Waals surface area contributed by atoms with Crippen molar-refractivity contribution in [2.45, 2.75) is 19.3 Å². The predicted molar refractivity (Wildman–Crippen MR) is 63.7 cm³/mol. The summed E-state index contributed by atoms with van der Waals surface area (Å²) < 4.78 is 5.03. The van der Waals surface area contributed by atoms with Gasteiger partial charge in [-0.15, -0.1) is 0 Å². The second-order valence-electron chi connectivity index (χ2n) is 3.49. The average Bonchev–Trinajstić information content (AvgIpc) is 2.29. The zero-order chi connectivity index (χ0) is 12.7. The second kappa shape index (κ2) is 6.48. The van der Waals surface area contributed by atoms with Crippen molar-refractivity contribution in [3.63, 3.8) is 0 Å². The number of carbonyl (C=O) groups excluding carboxylic acids is 1. The fraction of sp³-hybridized carbons (Fsp3) is 0.231. The van der Waals surface area contributed by atoms with E-state index < -0.39 is 11.9 Å². The molecule has 0 radical (unpaired) electrons. The number of carbonyl (C=O) groups is 2. The number of carboxylic acid groups (broad SMARTS) is 1. The van der Waals surface area contributed by atoms with E-state index in [2.05, 4.69) is 6.58 Å². The van der Waals surface area contributed by atoms with Gasteiger partial charge in [0.1, 0.15) is 5.75 Å². The lowest BCUT2D eigenvalue weighted by Crippen LogP contribution is -2.08. The summed E-state index contributed by atoms with van der Waals surface area (Å²) in [5, 5.41) is 8.41. The molecule has 0 amide bonds. The van der Waals surface area contributed by atoms with Crippen LogP contribution in [0.2, 0.25) is 0 Å². The van der Waals surface area contributed by atoms with Gasteiger partial charge in [0.25, 0.3) is 0 Å². The Bertz CT molecular complexity index is 406. The molecule has 0 aliphatic carbocycles. The Labute approximate surface area is 99.5 Å². The third kappa shape index (κ3) is 4.97. The lowest BCUT2D eigenvalue weighted by atomic mass is 10.2. The molecule has 0 heterocycles. The maximum Gasteiger partial charge on any atom is 0.311 e. The molecule has 0 atom stereocenters. The fourth-order valence-corrected chi connectivity index (χ4v) is 1.24. The van der Waals surface area contributed by atoms with Crippen molar-refractivity contribution in [1.29, 1.82) is 0 Å². The first-order valence-electron chi connectivity index (χ1n) is 5.27. The van der Waals surface area contributed by atoms with E-state index in [0.717, 1.165) is 5.56 Å². The number of hydrogen-bond donors (Lipinski definition) is 1. The van der Waals surface area contributed by atoms with E-state index in [1.165, 1.54) is 0 Å². The van der Waals surface area contributed by atoms with Crippen LogP contribution in [-0.2, 0) is 9.59 Å².